The third-order valence-corrected chi connectivity index (χ3v) is 4.93. The second-order valence-electron chi connectivity index (χ2n) is 7.49. The van der Waals surface area contributed by atoms with E-state index < -0.39 is 5.41 Å². The number of benzene rings is 2. The Morgan fingerprint density at radius 2 is 2.03 bits per heavy atom. The summed E-state index contributed by atoms with van der Waals surface area (Å²) in [5.74, 6) is 0.657. The first kappa shape index (κ1) is 21.3. The number of rotatable bonds is 4. The Bertz CT molecular complexity index is 1170. The van der Waals surface area contributed by atoms with Crippen molar-refractivity contribution in [2.24, 2.45) is 5.10 Å². The minimum Gasteiger partial charge on any atom is -0.503 e. The third kappa shape index (κ3) is 4.46. The SMILES string of the molecule is CCOc1cc(C=Nn2c(C(C)(C)C)nc3ccc(Br)cc3c2=O)cc(Cl)c1O. The smallest absolute Gasteiger partial charge is 0.282 e. The molecule has 0 aliphatic rings. The quantitative estimate of drug-likeness (QED) is 0.530. The van der Waals surface area contributed by atoms with Crippen LogP contribution in [0.25, 0.3) is 10.9 Å². The van der Waals surface area contributed by atoms with Gasteiger partial charge >= 0.3 is 0 Å². The van der Waals surface area contributed by atoms with Crippen molar-refractivity contribution in [3.63, 3.8) is 0 Å². The van der Waals surface area contributed by atoms with Crippen molar-refractivity contribution < 1.29 is 9.84 Å². The van der Waals surface area contributed by atoms with Crippen molar-refractivity contribution in [1.82, 2.24) is 9.66 Å². The normalized spacial score (nSPS) is 12.1. The van der Waals surface area contributed by atoms with Gasteiger partial charge in [-0.25, -0.2) is 4.98 Å². The molecular weight excluding hydrogens is 458 g/mol. The summed E-state index contributed by atoms with van der Waals surface area (Å²) in [6, 6.07) is 8.55. The zero-order chi connectivity index (χ0) is 21.3. The van der Waals surface area contributed by atoms with E-state index in [4.69, 9.17) is 16.3 Å². The van der Waals surface area contributed by atoms with E-state index in [1.165, 1.54) is 10.9 Å². The Labute approximate surface area is 181 Å². The topological polar surface area (TPSA) is 76.7 Å². The molecule has 6 nitrogen and oxygen atoms in total. The average molecular weight is 479 g/mol. The Morgan fingerprint density at radius 3 is 2.69 bits per heavy atom. The van der Waals surface area contributed by atoms with E-state index in [-0.39, 0.29) is 22.1 Å². The average Bonchev–Trinajstić information content (AvgIpc) is 2.64. The van der Waals surface area contributed by atoms with Crippen LogP contribution in [0.2, 0.25) is 5.02 Å². The highest BCUT2D eigenvalue weighted by molar-refractivity contribution is 9.10. The standard InChI is InChI=1S/C21H21BrClN3O3/c1-5-29-17-9-12(8-15(23)18(17)27)11-24-26-19(28)14-10-13(22)6-7-16(14)25-20(26)21(2,3)4/h6-11,27H,5H2,1-4H3. The van der Waals surface area contributed by atoms with E-state index in [0.717, 1.165) is 4.47 Å². The van der Waals surface area contributed by atoms with Crippen molar-refractivity contribution in [2.75, 3.05) is 6.61 Å². The third-order valence-electron chi connectivity index (χ3n) is 4.15. The van der Waals surface area contributed by atoms with Gasteiger partial charge in [-0.15, -0.1) is 0 Å². The summed E-state index contributed by atoms with van der Waals surface area (Å²) >= 11 is 9.49. The van der Waals surface area contributed by atoms with E-state index >= 15 is 0 Å². The van der Waals surface area contributed by atoms with E-state index in [1.807, 2.05) is 33.8 Å². The first-order chi connectivity index (χ1) is 13.6. The molecule has 0 aliphatic heterocycles. The summed E-state index contributed by atoms with van der Waals surface area (Å²) in [5.41, 5.74) is 0.506. The van der Waals surface area contributed by atoms with Gasteiger partial charge in [-0.1, -0.05) is 48.3 Å². The summed E-state index contributed by atoms with van der Waals surface area (Å²) in [7, 11) is 0. The summed E-state index contributed by atoms with van der Waals surface area (Å²) in [6.07, 6.45) is 1.50. The first-order valence-electron chi connectivity index (χ1n) is 9.04. The molecule has 0 aliphatic carbocycles. The van der Waals surface area contributed by atoms with Gasteiger partial charge in [0.15, 0.2) is 11.5 Å². The van der Waals surface area contributed by atoms with E-state index in [2.05, 4.69) is 26.0 Å². The molecule has 3 aromatic rings. The van der Waals surface area contributed by atoms with Crippen molar-refractivity contribution in [3.05, 3.63) is 61.6 Å². The molecule has 152 valence electrons. The van der Waals surface area contributed by atoms with Gasteiger partial charge < -0.3 is 9.84 Å². The number of nitrogens with zero attached hydrogens (tertiary/aromatic N) is 3. The summed E-state index contributed by atoms with van der Waals surface area (Å²) in [4.78, 5) is 17.8. The van der Waals surface area contributed by atoms with Gasteiger partial charge in [0.05, 0.1) is 28.7 Å². The Balaban J connectivity index is 2.19. The maximum Gasteiger partial charge on any atom is 0.282 e. The van der Waals surface area contributed by atoms with Gasteiger partial charge in [-0.3, -0.25) is 4.79 Å². The van der Waals surface area contributed by atoms with Crippen molar-refractivity contribution in [1.29, 1.82) is 0 Å². The molecule has 3 rings (SSSR count). The fraction of sp³-hybridized carbons (Fsp3) is 0.286. The lowest BCUT2D eigenvalue weighted by Gasteiger charge is -2.20. The predicted molar refractivity (Wildman–Crippen MR) is 120 cm³/mol. The van der Waals surface area contributed by atoms with Crippen molar-refractivity contribution in [2.45, 2.75) is 33.1 Å². The zero-order valence-electron chi connectivity index (χ0n) is 16.5. The summed E-state index contributed by atoms with van der Waals surface area (Å²) < 4.78 is 7.49. The lowest BCUT2D eigenvalue weighted by molar-refractivity contribution is 0.318. The molecule has 0 radical (unpaired) electrons. The number of hydrogen-bond donors (Lipinski definition) is 1. The van der Waals surface area contributed by atoms with Crippen LogP contribution in [0.1, 0.15) is 39.1 Å². The lowest BCUT2D eigenvalue weighted by Crippen LogP contribution is -2.29. The van der Waals surface area contributed by atoms with E-state index in [1.54, 1.807) is 24.3 Å². The summed E-state index contributed by atoms with van der Waals surface area (Å²) in [6.45, 7) is 8.09. The number of hydrogen-bond acceptors (Lipinski definition) is 5. The van der Waals surface area contributed by atoms with Crippen LogP contribution < -0.4 is 10.3 Å². The van der Waals surface area contributed by atoms with Crippen LogP contribution in [0.4, 0.5) is 0 Å². The highest BCUT2D eigenvalue weighted by Crippen LogP contribution is 2.34. The molecule has 0 spiro atoms. The summed E-state index contributed by atoms with van der Waals surface area (Å²) in [5, 5.41) is 15.0. The maximum atomic E-state index is 13.2. The highest BCUT2D eigenvalue weighted by Gasteiger charge is 2.23. The fourth-order valence-corrected chi connectivity index (χ4v) is 3.38. The molecule has 0 amide bonds. The highest BCUT2D eigenvalue weighted by atomic mass is 79.9. The largest absolute Gasteiger partial charge is 0.503 e. The van der Waals surface area contributed by atoms with Gasteiger partial charge in [-0.05, 0) is 42.8 Å². The van der Waals surface area contributed by atoms with E-state index in [0.29, 0.717) is 28.9 Å². The number of phenolic OH excluding ortho intramolecular Hbond substituents is 1. The second kappa shape index (κ2) is 8.16. The number of aromatic hydroxyl groups is 1. The second-order valence-corrected chi connectivity index (χ2v) is 8.81. The van der Waals surface area contributed by atoms with Crippen LogP contribution in [0, 0.1) is 0 Å². The minimum atomic E-state index is -0.416. The van der Waals surface area contributed by atoms with Gasteiger partial charge in [0.1, 0.15) is 5.82 Å². The Kier molecular flexibility index (Phi) is 6.00. The van der Waals surface area contributed by atoms with Gasteiger partial charge in [-0.2, -0.15) is 9.78 Å². The monoisotopic (exact) mass is 477 g/mol. The van der Waals surface area contributed by atoms with Crippen LogP contribution in [0.15, 0.2) is 44.7 Å². The molecule has 8 heteroatoms. The zero-order valence-corrected chi connectivity index (χ0v) is 18.9. The van der Waals surface area contributed by atoms with Crippen molar-refractivity contribution >= 4 is 44.6 Å². The van der Waals surface area contributed by atoms with Crippen LogP contribution in [-0.4, -0.2) is 27.6 Å². The molecule has 0 saturated carbocycles. The fourth-order valence-electron chi connectivity index (χ4n) is 2.80. The minimum absolute atomic E-state index is 0.129. The Hall–Kier alpha value is -2.38. The molecule has 29 heavy (non-hydrogen) atoms. The van der Waals surface area contributed by atoms with Crippen LogP contribution in [-0.2, 0) is 5.41 Å². The van der Waals surface area contributed by atoms with Crippen LogP contribution in [0.5, 0.6) is 11.5 Å². The van der Waals surface area contributed by atoms with Gasteiger partial charge in [0.2, 0.25) is 0 Å². The number of ether oxygens (including phenoxy) is 1. The van der Waals surface area contributed by atoms with Gasteiger partial charge in [0, 0.05) is 9.89 Å². The molecule has 0 saturated heterocycles. The predicted octanol–water partition coefficient (Wildman–Crippen LogP) is 5.10. The number of aromatic nitrogens is 2. The van der Waals surface area contributed by atoms with E-state index in [9.17, 15) is 9.90 Å². The first-order valence-corrected chi connectivity index (χ1v) is 10.2. The van der Waals surface area contributed by atoms with Crippen LogP contribution >= 0.6 is 27.5 Å². The maximum absolute atomic E-state index is 13.2. The molecular formula is C21H21BrClN3O3. The Morgan fingerprint density at radius 1 is 1.31 bits per heavy atom. The number of fused-ring (bicyclic) bond motifs is 1. The number of halogens is 2. The number of phenols is 1. The molecule has 1 N–H and O–H groups in total. The molecule has 0 bridgehead atoms. The molecule has 0 fully saturated rings. The molecule has 2 aromatic carbocycles. The molecule has 1 heterocycles. The molecule has 0 unspecified atom stereocenters. The molecule has 0 atom stereocenters. The van der Waals surface area contributed by atoms with Crippen LogP contribution in [0.3, 0.4) is 0 Å². The lowest BCUT2D eigenvalue weighted by atomic mass is 9.95. The van der Waals surface area contributed by atoms with Gasteiger partial charge in [0.25, 0.3) is 5.56 Å². The molecule has 1 aromatic heterocycles. The van der Waals surface area contributed by atoms with Crippen molar-refractivity contribution in [3.8, 4) is 11.5 Å².